The molecular formula is C27H25N3O2. The van der Waals surface area contributed by atoms with Crippen molar-refractivity contribution in [3.05, 3.63) is 115 Å². The van der Waals surface area contributed by atoms with Crippen LogP contribution in [0.4, 0.5) is 0 Å². The number of rotatable bonds is 9. The largest absolute Gasteiger partial charge is 0.490 e. The first-order valence-electron chi connectivity index (χ1n) is 10.5. The molecule has 0 spiro atoms. The molecule has 1 amide bonds. The van der Waals surface area contributed by atoms with Gasteiger partial charge < -0.3 is 15.0 Å². The average Bonchev–Trinajstić information content (AvgIpc) is 3.27. The van der Waals surface area contributed by atoms with Gasteiger partial charge in [-0.25, -0.2) is 4.98 Å². The number of aromatic amines is 1. The van der Waals surface area contributed by atoms with Gasteiger partial charge in [0, 0.05) is 6.08 Å². The molecule has 0 fully saturated rings. The summed E-state index contributed by atoms with van der Waals surface area (Å²) >= 11 is 0. The molecule has 1 atom stereocenters. The molecule has 160 valence electrons. The number of aromatic nitrogens is 2. The predicted molar refractivity (Wildman–Crippen MR) is 128 cm³/mol. The Kier molecular flexibility index (Phi) is 6.78. The zero-order chi connectivity index (χ0) is 22.2. The second-order valence-electron chi connectivity index (χ2n) is 7.39. The van der Waals surface area contributed by atoms with Crippen LogP contribution < -0.4 is 10.1 Å². The molecule has 0 saturated heterocycles. The number of carbonyl (C=O) groups excluding carboxylic acids is 1. The number of carbonyl (C=O) groups is 1. The highest BCUT2D eigenvalue weighted by molar-refractivity contribution is 5.92. The lowest BCUT2D eigenvalue weighted by molar-refractivity contribution is -0.117. The van der Waals surface area contributed by atoms with Gasteiger partial charge in [0.1, 0.15) is 18.2 Å². The van der Waals surface area contributed by atoms with Crippen molar-refractivity contribution >= 4 is 23.0 Å². The van der Waals surface area contributed by atoms with Crippen molar-refractivity contribution in [3.8, 4) is 5.75 Å². The molecule has 0 aliphatic carbocycles. The topological polar surface area (TPSA) is 67.0 Å². The molecule has 32 heavy (non-hydrogen) atoms. The molecule has 0 bridgehead atoms. The number of nitrogens with zero attached hydrogens (tertiary/aromatic N) is 1. The van der Waals surface area contributed by atoms with Gasteiger partial charge in [0.05, 0.1) is 17.1 Å². The summed E-state index contributed by atoms with van der Waals surface area (Å²) in [5.74, 6) is 1.32. The highest BCUT2D eigenvalue weighted by Gasteiger charge is 2.18. The van der Waals surface area contributed by atoms with Crippen molar-refractivity contribution < 1.29 is 9.53 Å². The standard InChI is InChI=1S/C27H25N3O2/c1-2-18-32-22-15-12-20(13-16-22)14-17-26(31)28-25(19-21-8-4-3-5-9-21)27-29-23-10-6-7-11-24(23)30-27/h2-17,25H,1,18-19H2,(H,28,31)(H,29,30)/b17-14+/t25-/m1/s1. The normalized spacial score (nSPS) is 12.0. The summed E-state index contributed by atoms with van der Waals surface area (Å²) in [6, 6.07) is 25.2. The Morgan fingerprint density at radius 2 is 1.78 bits per heavy atom. The highest BCUT2D eigenvalue weighted by atomic mass is 16.5. The first kappa shape index (κ1) is 21.1. The number of nitrogens with one attached hydrogen (secondary N) is 2. The minimum absolute atomic E-state index is 0.182. The highest BCUT2D eigenvalue weighted by Crippen LogP contribution is 2.20. The average molecular weight is 424 g/mol. The van der Waals surface area contributed by atoms with E-state index in [0.29, 0.717) is 13.0 Å². The first-order valence-corrected chi connectivity index (χ1v) is 10.5. The quantitative estimate of drug-likeness (QED) is 0.286. The number of para-hydroxylation sites is 2. The van der Waals surface area contributed by atoms with E-state index in [1.54, 1.807) is 18.2 Å². The number of imidazole rings is 1. The predicted octanol–water partition coefficient (Wildman–Crippen LogP) is 5.24. The molecule has 0 aliphatic rings. The van der Waals surface area contributed by atoms with Crippen molar-refractivity contribution in [2.45, 2.75) is 12.5 Å². The fraction of sp³-hybridized carbons (Fsp3) is 0.111. The van der Waals surface area contributed by atoms with Crippen LogP contribution in [0.5, 0.6) is 5.75 Å². The molecule has 0 radical (unpaired) electrons. The zero-order valence-electron chi connectivity index (χ0n) is 17.7. The fourth-order valence-electron chi connectivity index (χ4n) is 3.43. The van der Waals surface area contributed by atoms with Gasteiger partial charge in [-0.3, -0.25) is 4.79 Å². The van der Waals surface area contributed by atoms with Gasteiger partial charge in [-0.1, -0.05) is 67.3 Å². The maximum Gasteiger partial charge on any atom is 0.244 e. The van der Waals surface area contributed by atoms with Crippen molar-refractivity contribution in [1.82, 2.24) is 15.3 Å². The van der Waals surface area contributed by atoms with Gasteiger partial charge in [0.15, 0.2) is 0 Å². The molecule has 4 rings (SSSR count). The second kappa shape index (κ2) is 10.3. The van der Waals surface area contributed by atoms with Gasteiger partial charge in [-0.05, 0) is 47.9 Å². The van der Waals surface area contributed by atoms with E-state index in [-0.39, 0.29) is 11.9 Å². The summed E-state index contributed by atoms with van der Waals surface area (Å²) in [7, 11) is 0. The van der Waals surface area contributed by atoms with Crippen molar-refractivity contribution in [2.75, 3.05) is 6.61 Å². The summed E-state index contributed by atoms with van der Waals surface area (Å²) in [4.78, 5) is 20.8. The summed E-state index contributed by atoms with van der Waals surface area (Å²) in [6.07, 6.45) is 5.66. The summed E-state index contributed by atoms with van der Waals surface area (Å²) in [5, 5.41) is 3.10. The maximum absolute atomic E-state index is 12.7. The third-order valence-corrected chi connectivity index (χ3v) is 5.01. The Morgan fingerprint density at radius 3 is 2.53 bits per heavy atom. The van der Waals surface area contributed by atoms with E-state index in [2.05, 4.69) is 16.9 Å². The van der Waals surface area contributed by atoms with Crippen LogP contribution in [0.25, 0.3) is 17.1 Å². The van der Waals surface area contributed by atoms with Crippen LogP contribution in [0.15, 0.2) is 97.6 Å². The van der Waals surface area contributed by atoms with Crippen LogP contribution in [0, 0.1) is 0 Å². The number of hydrogen-bond acceptors (Lipinski definition) is 3. The monoisotopic (exact) mass is 423 g/mol. The van der Waals surface area contributed by atoms with E-state index in [1.807, 2.05) is 78.9 Å². The Balaban J connectivity index is 1.49. The molecule has 2 N–H and O–H groups in total. The summed E-state index contributed by atoms with van der Waals surface area (Å²) in [6.45, 7) is 4.10. The number of hydrogen-bond donors (Lipinski definition) is 2. The molecule has 1 heterocycles. The molecular weight excluding hydrogens is 398 g/mol. The number of H-pyrrole nitrogens is 1. The van der Waals surface area contributed by atoms with E-state index in [4.69, 9.17) is 9.72 Å². The Morgan fingerprint density at radius 1 is 1.03 bits per heavy atom. The van der Waals surface area contributed by atoms with Crippen LogP contribution in [-0.2, 0) is 11.2 Å². The third kappa shape index (κ3) is 5.52. The smallest absolute Gasteiger partial charge is 0.244 e. The first-order chi connectivity index (χ1) is 15.7. The Hall–Kier alpha value is -4.12. The molecule has 0 unspecified atom stereocenters. The van der Waals surface area contributed by atoms with E-state index >= 15 is 0 Å². The molecule has 5 nitrogen and oxygen atoms in total. The second-order valence-corrected chi connectivity index (χ2v) is 7.39. The zero-order valence-corrected chi connectivity index (χ0v) is 17.7. The summed E-state index contributed by atoms with van der Waals surface area (Å²) in [5.41, 5.74) is 3.86. The van der Waals surface area contributed by atoms with Crippen LogP contribution in [-0.4, -0.2) is 22.5 Å². The molecule has 1 aromatic heterocycles. The van der Waals surface area contributed by atoms with Gasteiger partial charge in [0.25, 0.3) is 0 Å². The van der Waals surface area contributed by atoms with E-state index in [9.17, 15) is 4.79 Å². The Labute approximate surface area is 187 Å². The van der Waals surface area contributed by atoms with Crippen molar-refractivity contribution in [3.63, 3.8) is 0 Å². The van der Waals surface area contributed by atoms with Gasteiger partial charge in [-0.2, -0.15) is 0 Å². The third-order valence-electron chi connectivity index (χ3n) is 5.01. The molecule has 4 aromatic rings. The number of amides is 1. The Bertz CT molecular complexity index is 1180. The SMILES string of the molecule is C=CCOc1ccc(/C=C/C(=O)N[C@H](Cc2ccccc2)c2nc3ccccc3[nH]2)cc1. The lowest BCUT2D eigenvalue weighted by Gasteiger charge is -2.16. The lowest BCUT2D eigenvalue weighted by Crippen LogP contribution is -2.29. The van der Waals surface area contributed by atoms with E-state index < -0.39 is 0 Å². The van der Waals surface area contributed by atoms with Crippen LogP contribution in [0.2, 0.25) is 0 Å². The summed E-state index contributed by atoms with van der Waals surface area (Å²) < 4.78 is 5.49. The van der Waals surface area contributed by atoms with Crippen LogP contribution in [0.1, 0.15) is 23.0 Å². The number of benzene rings is 3. The fourth-order valence-corrected chi connectivity index (χ4v) is 3.43. The van der Waals surface area contributed by atoms with Crippen LogP contribution >= 0.6 is 0 Å². The van der Waals surface area contributed by atoms with Crippen LogP contribution in [0.3, 0.4) is 0 Å². The van der Waals surface area contributed by atoms with E-state index in [1.165, 1.54) is 0 Å². The van der Waals surface area contributed by atoms with Gasteiger partial charge >= 0.3 is 0 Å². The molecule has 0 saturated carbocycles. The molecule has 3 aromatic carbocycles. The van der Waals surface area contributed by atoms with Gasteiger partial charge in [0.2, 0.25) is 5.91 Å². The number of fused-ring (bicyclic) bond motifs is 1. The molecule has 0 aliphatic heterocycles. The lowest BCUT2D eigenvalue weighted by atomic mass is 10.1. The van der Waals surface area contributed by atoms with Gasteiger partial charge in [-0.15, -0.1) is 0 Å². The maximum atomic E-state index is 12.7. The molecule has 5 heteroatoms. The van der Waals surface area contributed by atoms with Crippen molar-refractivity contribution in [1.29, 1.82) is 0 Å². The number of ether oxygens (including phenoxy) is 1. The van der Waals surface area contributed by atoms with Crippen molar-refractivity contribution in [2.24, 2.45) is 0 Å². The minimum Gasteiger partial charge on any atom is -0.490 e. The minimum atomic E-state index is -0.281. The van der Waals surface area contributed by atoms with E-state index in [0.717, 1.165) is 33.7 Å².